The smallest absolute Gasteiger partial charge is 0.263 e. The molecule has 0 aliphatic carbocycles. The Balaban J connectivity index is 2.09. The number of benzene rings is 2. The van der Waals surface area contributed by atoms with E-state index in [0.717, 1.165) is 6.07 Å². The normalized spacial score (nSPS) is 10.9. The molecule has 2 aromatic carbocycles. The van der Waals surface area contributed by atoms with E-state index in [1.807, 2.05) is 0 Å². The van der Waals surface area contributed by atoms with Crippen LogP contribution >= 0.6 is 11.6 Å². The maximum Gasteiger partial charge on any atom is 0.263 e. The summed E-state index contributed by atoms with van der Waals surface area (Å²) in [6.07, 6.45) is -2.53. The summed E-state index contributed by atoms with van der Waals surface area (Å²) in [7, 11) is 0. The summed E-state index contributed by atoms with van der Waals surface area (Å²) >= 11 is 5.73. The zero-order chi connectivity index (χ0) is 14.7. The molecular formula is C14H10ClF4N. The Labute approximate surface area is 118 Å². The Morgan fingerprint density at radius 2 is 1.70 bits per heavy atom. The van der Waals surface area contributed by atoms with Crippen LogP contribution in [0, 0.1) is 11.6 Å². The molecule has 0 bridgehead atoms. The fourth-order valence-electron chi connectivity index (χ4n) is 1.68. The van der Waals surface area contributed by atoms with Gasteiger partial charge in [0.25, 0.3) is 6.43 Å². The van der Waals surface area contributed by atoms with Crippen molar-refractivity contribution >= 4 is 17.3 Å². The van der Waals surface area contributed by atoms with Crippen LogP contribution in [-0.2, 0) is 6.54 Å². The highest BCUT2D eigenvalue weighted by molar-refractivity contribution is 6.33. The van der Waals surface area contributed by atoms with Gasteiger partial charge in [-0.3, -0.25) is 0 Å². The summed E-state index contributed by atoms with van der Waals surface area (Å²) in [5.74, 6) is -1.57. The van der Waals surface area contributed by atoms with Crippen LogP contribution in [0.4, 0.5) is 23.2 Å². The minimum absolute atomic E-state index is 0.0222. The molecule has 6 heteroatoms. The van der Waals surface area contributed by atoms with Gasteiger partial charge in [-0.15, -0.1) is 0 Å². The van der Waals surface area contributed by atoms with Crippen molar-refractivity contribution in [3.63, 3.8) is 0 Å². The maximum absolute atomic E-state index is 13.5. The molecule has 106 valence electrons. The first-order valence-corrected chi connectivity index (χ1v) is 6.10. The average molecular weight is 304 g/mol. The van der Waals surface area contributed by atoms with E-state index in [9.17, 15) is 17.6 Å². The minimum atomic E-state index is -2.53. The van der Waals surface area contributed by atoms with E-state index >= 15 is 0 Å². The minimum Gasteiger partial charge on any atom is -0.377 e. The van der Waals surface area contributed by atoms with Crippen molar-refractivity contribution in [1.29, 1.82) is 0 Å². The number of hydrogen-bond donors (Lipinski definition) is 1. The number of alkyl halides is 2. The van der Waals surface area contributed by atoms with Gasteiger partial charge in [0.2, 0.25) is 0 Å². The summed E-state index contributed by atoms with van der Waals surface area (Å²) in [6, 6.07) is 7.31. The third-order valence-electron chi connectivity index (χ3n) is 2.71. The molecule has 20 heavy (non-hydrogen) atoms. The summed E-state index contributed by atoms with van der Waals surface area (Å²) in [5.41, 5.74) is 0.569. The molecule has 1 nitrogen and oxygen atoms in total. The van der Waals surface area contributed by atoms with Crippen LogP contribution in [0.15, 0.2) is 36.4 Å². The van der Waals surface area contributed by atoms with Crippen molar-refractivity contribution < 1.29 is 17.6 Å². The Morgan fingerprint density at radius 1 is 1.05 bits per heavy atom. The van der Waals surface area contributed by atoms with Crippen molar-refractivity contribution in [2.24, 2.45) is 0 Å². The number of rotatable bonds is 4. The number of anilines is 1. The molecule has 0 aliphatic heterocycles. The lowest BCUT2D eigenvalue weighted by molar-refractivity contribution is 0.151. The summed E-state index contributed by atoms with van der Waals surface area (Å²) in [5, 5.41) is 2.64. The van der Waals surface area contributed by atoms with E-state index in [1.54, 1.807) is 0 Å². The van der Waals surface area contributed by atoms with Gasteiger partial charge in [-0.1, -0.05) is 35.9 Å². The van der Waals surface area contributed by atoms with Gasteiger partial charge in [0.15, 0.2) is 5.82 Å². The fourth-order valence-corrected chi connectivity index (χ4v) is 1.94. The highest BCUT2D eigenvalue weighted by atomic mass is 35.5. The molecule has 0 saturated heterocycles. The third-order valence-corrected chi connectivity index (χ3v) is 3.01. The molecule has 0 radical (unpaired) electrons. The summed E-state index contributed by atoms with van der Waals surface area (Å²) in [4.78, 5) is 0. The molecular weight excluding hydrogens is 294 g/mol. The van der Waals surface area contributed by atoms with Gasteiger partial charge in [-0.25, -0.2) is 17.6 Å². The molecule has 0 fully saturated rings. The van der Waals surface area contributed by atoms with E-state index in [0.29, 0.717) is 11.6 Å². The van der Waals surface area contributed by atoms with Crippen LogP contribution in [0.25, 0.3) is 0 Å². The van der Waals surface area contributed by atoms with Crippen LogP contribution in [0.1, 0.15) is 17.6 Å². The quantitative estimate of drug-likeness (QED) is 0.769. The summed E-state index contributed by atoms with van der Waals surface area (Å²) < 4.78 is 51.1. The Morgan fingerprint density at radius 3 is 2.25 bits per heavy atom. The van der Waals surface area contributed by atoms with E-state index in [4.69, 9.17) is 11.6 Å². The van der Waals surface area contributed by atoms with E-state index in [2.05, 4.69) is 5.32 Å². The molecule has 1 N–H and O–H groups in total. The van der Waals surface area contributed by atoms with Gasteiger partial charge >= 0.3 is 0 Å². The van der Waals surface area contributed by atoms with Crippen molar-refractivity contribution in [2.45, 2.75) is 13.0 Å². The number of hydrogen-bond acceptors (Lipinski definition) is 1. The lowest BCUT2D eigenvalue weighted by atomic mass is 10.1. The average Bonchev–Trinajstić information content (AvgIpc) is 2.38. The Kier molecular flexibility index (Phi) is 4.49. The largest absolute Gasteiger partial charge is 0.377 e. The Hall–Kier alpha value is -1.75. The van der Waals surface area contributed by atoms with Crippen molar-refractivity contribution in [3.05, 3.63) is 64.2 Å². The van der Waals surface area contributed by atoms with Crippen LogP contribution in [0.5, 0.6) is 0 Å². The van der Waals surface area contributed by atoms with Crippen LogP contribution in [-0.4, -0.2) is 0 Å². The molecule has 0 spiro atoms. The third kappa shape index (κ3) is 3.42. The van der Waals surface area contributed by atoms with Gasteiger partial charge in [0, 0.05) is 18.2 Å². The Bertz CT molecular complexity index is 576. The van der Waals surface area contributed by atoms with Crippen LogP contribution in [0.2, 0.25) is 5.02 Å². The molecule has 0 aromatic heterocycles. The predicted molar refractivity (Wildman–Crippen MR) is 70.1 cm³/mol. The molecule has 0 unspecified atom stereocenters. The van der Waals surface area contributed by atoms with Gasteiger partial charge in [0.1, 0.15) is 5.82 Å². The number of nitrogens with one attached hydrogen (secondary N) is 1. The monoisotopic (exact) mass is 303 g/mol. The molecule has 2 aromatic rings. The molecule has 0 aliphatic rings. The molecule has 0 heterocycles. The van der Waals surface area contributed by atoms with Crippen LogP contribution < -0.4 is 5.32 Å². The predicted octanol–water partition coefficient (Wildman–Crippen LogP) is 5.17. The van der Waals surface area contributed by atoms with E-state index < -0.39 is 18.1 Å². The first-order valence-electron chi connectivity index (χ1n) is 5.73. The van der Waals surface area contributed by atoms with Gasteiger partial charge in [-0.05, 0) is 11.6 Å². The zero-order valence-electron chi connectivity index (χ0n) is 10.1. The highest BCUT2D eigenvalue weighted by Gasteiger charge is 2.10. The SMILES string of the molecule is Fc1cc(F)c(NCc2ccc(C(F)F)cc2)c(Cl)c1. The second-order valence-corrected chi connectivity index (χ2v) is 4.55. The van der Waals surface area contributed by atoms with Crippen molar-refractivity contribution in [1.82, 2.24) is 0 Å². The second-order valence-electron chi connectivity index (χ2n) is 4.14. The lowest BCUT2D eigenvalue weighted by Crippen LogP contribution is -2.03. The molecule has 2 rings (SSSR count). The second kappa shape index (κ2) is 6.13. The maximum atomic E-state index is 13.5. The van der Waals surface area contributed by atoms with E-state index in [1.165, 1.54) is 24.3 Å². The van der Waals surface area contributed by atoms with E-state index in [-0.39, 0.29) is 22.8 Å². The fraction of sp³-hybridized carbons (Fsp3) is 0.143. The molecule has 0 atom stereocenters. The lowest BCUT2D eigenvalue weighted by Gasteiger charge is -2.10. The first-order chi connectivity index (χ1) is 9.47. The molecule has 0 saturated carbocycles. The number of halogens is 5. The summed E-state index contributed by atoms with van der Waals surface area (Å²) in [6.45, 7) is 0.186. The van der Waals surface area contributed by atoms with Gasteiger partial charge in [0.05, 0.1) is 10.7 Å². The first kappa shape index (κ1) is 14.7. The topological polar surface area (TPSA) is 12.0 Å². The zero-order valence-corrected chi connectivity index (χ0v) is 10.9. The molecule has 0 amide bonds. The standard InChI is InChI=1S/C14H10ClF4N/c15-11-5-10(16)6-12(17)13(11)20-7-8-1-3-9(4-2-8)14(18)19/h1-6,14,20H,7H2. The highest BCUT2D eigenvalue weighted by Crippen LogP contribution is 2.27. The van der Waals surface area contributed by atoms with Crippen molar-refractivity contribution in [2.75, 3.05) is 5.32 Å². The van der Waals surface area contributed by atoms with Crippen LogP contribution in [0.3, 0.4) is 0 Å². The van der Waals surface area contributed by atoms with Crippen molar-refractivity contribution in [3.8, 4) is 0 Å². The van der Waals surface area contributed by atoms with Gasteiger partial charge in [-0.2, -0.15) is 0 Å². The van der Waals surface area contributed by atoms with Gasteiger partial charge < -0.3 is 5.32 Å².